The molecule has 0 unspecified atom stereocenters. The van der Waals surface area contributed by atoms with E-state index in [1.807, 2.05) is 18.2 Å². The van der Waals surface area contributed by atoms with E-state index < -0.39 is 0 Å². The molecule has 0 aliphatic carbocycles. The Labute approximate surface area is 113 Å². The van der Waals surface area contributed by atoms with Crippen molar-refractivity contribution in [2.75, 3.05) is 0 Å². The van der Waals surface area contributed by atoms with E-state index in [9.17, 15) is 9.59 Å². The van der Waals surface area contributed by atoms with Gasteiger partial charge in [0, 0.05) is 12.6 Å². The smallest absolute Gasteiger partial charge is 0.271 e. The highest BCUT2D eigenvalue weighted by Gasteiger charge is 2.07. The first-order valence-corrected chi connectivity index (χ1v) is 5.98. The molecule has 2 heterocycles. The molecule has 0 aliphatic heterocycles. The molecular formula is C13H11N5O2. The van der Waals surface area contributed by atoms with E-state index in [1.165, 1.54) is 12.1 Å². The fourth-order valence-corrected chi connectivity index (χ4v) is 1.84. The predicted octanol–water partition coefficient (Wildman–Crippen LogP) is 0.576. The molecule has 20 heavy (non-hydrogen) atoms. The number of amides is 1. The predicted molar refractivity (Wildman–Crippen MR) is 72.1 cm³/mol. The molecule has 0 radical (unpaired) electrons. The minimum atomic E-state index is -0.342. The fraction of sp³-hybridized carbons (Fsp3) is 0.0769. The number of benzene rings is 1. The molecule has 7 heteroatoms. The molecule has 7 nitrogen and oxygen atoms in total. The van der Waals surface area contributed by atoms with Crippen LogP contribution >= 0.6 is 0 Å². The van der Waals surface area contributed by atoms with E-state index >= 15 is 0 Å². The van der Waals surface area contributed by atoms with Crippen LogP contribution in [0.5, 0.6) is 0 Å². The van der Waals surface area contributed by atoms with Crippen LogP contribution in [0, 0.1) is 0 Å². The highest BCUT2D eigenvalue weighted by atomic mass is 16.2. The maximum Gasteiger partial charge on any atom is 0.271 e. The fourth-order valence-electron chi connectivity index (χ4n) is 1.84. The van der Waals surface area contributed by atoms with Gasteiger partial charge in [-0.1, -0.05) is 6.07 Å². The molecule has 0 aliphatic rings. The van der Waals surface area contributed by atoms with Gasteiger partial charge in [0.15, 0.2) is 0 Å². The van der Waals surface area contributed by atoms with Crippen LogP contribution in [0.4, 0.5) is 0 Å². The summed E-state index contributed by atoms with van der Waals surface area (Å²) in [7, 11) is 0. The number of H-pyrrole nitrogens is 2. The van der Waals surface area contributed by atoms with Gasteiger partial charge in [0.2, 0.25) is 0 Å². The van der Waals surface area contributed by atoms with Gasteiger partial charge in [-0.3, -0.25) is 9.59 Å². The van der Waals surface area contributed by atoms with Gasteiger partial charge < -0.3 is 10.3 Å². The number of carbonyl (C=O) groups excluding carboxylic acids is 1. The SMILES string of the molecule is O=C(NCc1ccc2nc[nH]c2c1)c1ccc(=O)[nH]n1. The number of nitrogens with one attached hydrogen (secondary N) is 3. The highest BCUT2D eigenvalue weighted by Crippen LogP contribution is 2.11. The lowest BCUT2D eigenvalue weighted by molar-refractivity contribution is 0.0945. The van der Waals surface area contributed by atoms with Gasteiger partial charge in [-0.05, 0) is 23.8 Å². The van der Waals surface area contributed by atoms with Crippen LogP contribution in [0.25, 0.3) is 11.0 Å². The van der Waals surface area contributed by atoms with Crippen molar-refractivity contribution in [3.05, 3.63) is 58.3 Å². The zero-order valence-electron chi connectivity index (χ0n) is 10.4. The van der Waals surface area contributed by atoms with Crippen LogP contribution in [0.3, 0.4) is 0 Å². The molecule has 0 saturated carbocycles. The second kappa shape index (κ2) is 4.96. The van der Waals surface area contributed by atoms with Gasteiger partial charge in [0.1, 0.15) is 5.69 Å². The number of aromatic nitrogens is 4. The average molecular weight is 269 g/mol. The van der Waals surface area contributed by atoms with Crippen LogP contribution in [0.15, 0.2) is 41.5 Å². The van der Waals surface area contributed by atoms with Gasteiger partial charge in [0.05, 0.1) is 17.4 Å². The van der Waals surface area contributed by atoms with Crippen molar-refractivity contribution in [3.63, 3.8) is 0 Å². The van der Waals surface area contributed by atoms with E-state index in [0.29, 0.717) is 6.54 Å². The Morgan fingerprint density at radius 3 is 2.95 bits per heavy atom. The molecule has 2 aromatic heterocycles. The average Bonchev–Trinajstić information content (AvgIpc) is 2.93. The Bertz CT molecular complexity index is 800. The number of carbonyl (C=O) groups is 1. The zero-order valence-corrected chi connectivity index (χ0v) is 10.4. The number of fused-ring (bicyclic) bond motifs is 1. The molecule has 3 rings (SSSR count). The van der Waals surface area contributed by atoms with Crippen molar-refractivity contribution < 1.29 is 4.79 Å². The van der Waals surface area contributed by atoms with E-state index in [2.05, 4.69) is 25.5 Å². The summed E-state index contributed by atoms with van der Waals surface area (Å²) < 4.78 is 0. The standard InChI is InChI=1S/C13H11N5O2/c19-12-4-3-10(17-18-12)13(20)14-6-8-1-2-9-11(5-8)16-7-15-9/h1-5,7H,6H2,(H,14,20)(H,15,16)(H,18,19). The lowest BCUT2D eigenvalue weighted by Crippen LogP contribution is -2.25. The first-order chi connectivity index (χ1) is 9.72. The molecular weight excluding hydrogens is 258 g/mol. The molecule has 0 atom stereocenters. The van der Waals surface area contributed by atoms with Crippen molar-refractivity contribution in [3.8, 4) is 0 Å². The minimum Gasteiger partial charge on any atom is -0.347 e. The topological polar surface area (TPSA) is 104 Å². The third-order valence-corrected chi connectivity index (χ3v) is 2.85. The van der Waals surface area contributed by atoms with Crippen molar-refractivity contribution in [1.29, 1.82) is 0 Å². The molecule has 0 bridgehead atoms. The van der Waals surface area contributed by atoms with Gasteiger partial charge >= 0.3 is 0 Å². The highest BCUT2D eigenvalue weighted by molar-refractivity contribution is 5.92. The summed E-state index contributed by atoms with van der Waals surface area (Å²) in [5.41, 5.74) is 2.57. The first kappa shape index (κ1) is 12.1. The Hall–Kier alpha value is -2.96. The van der Waals surface area contributed by atoms with E-state index in [1.54, 1.807) is 6.33 Å². The maximum atomic E-state index is 11.8. The van der Waals surface area contributed by atoms with Crippen LogP contribution in [-0.4, -0.2) is 26.1 Å². The third kappa shape index (κ3) is 2.41. The van der Waals surface area contributed by atoms with E-state index in [4.69, 9.17) is 0 Å². The van der Waals surface area contributed by atoms with Crippen molar-refractivity contribution in [2.45, 2.75) is 6.54 Å². The second-order valence-corrected chi connectivity index (χ2v) is 4.24. The summed E-state index contributed by atoms with van der Waals surface area (Å²) in [5.74, 6) is -0.342. The summed E-state index contributed by atoms with van der Waals surface area (Å²) >= 11 is 0. The van der Waals surface area contributed by atoms with Crippen LogP contribution in [0.2, 0.25) is 0 Å². The molecule has 1 amide bonds. The number of hydrogen-bond donors (Lipinski definition) is 3. The number of imidazole rings is 1. The molecule has 3 aromatic rings. The second-order valence-electron chi connectivity index (χ2n) is 4.24. The van der Waals surface area contributed by atoms with Gasteiger partial charge in [0.25, 0.3) is 11.5 Å². The van der Waals surface area contributed by atoms with Crippen LogP contribution in [0.1, 0.15) is 16.1 Å². The van der Waals surface area contributed by atoms with Gasteiger partial charge in [-0.2, -0.15) is 5.10 Å². The van der Waals surface area contributed by atoms with Crippen LogP contribution in [-0.2, 0) is 6.54 Å². The van der Waals surface area contributed by atoms with E-state index in [0.717, 1.165) is 16.6 Å². The Balaban J connectivity index is 1.70. The number of nitrogens with zero attached hydrogens (tertiary/aromatic N) is 2. The maximum absolute atomic E-state index is 11.8. The normalized spacial score (nSPS) is 10.6. The molecule has 0 fully saturated rings. The largest absolute Gasteiger partial charge is 0.347 e. The summed E-state index contributed by atoms with van der Waals surface area (Å²) in [5, 5.41) is 8.62. The minimum absolute atomic E-state index is 0.173. The summed E-state index contributed by atoms with van der Waals surface area (Å²) in [4.78, 5) is 29.8. The first-order valence-electron chi connectivity index (χ1n) is 5.98. The number of aromatic amines is 2. The Kier molecular flexibility index (Phi) is 3.00. The van der Waals surface area contributed by atoms with Crippen LogP contribution < -0.4 is 10.9 Å². The van der Waals surface area contributed by atoms with Crippen molar-refractivity contribution in [2.24, 2.45) is 0 Å². The number of rotatable bonds is 3. The molecule has 0 saturated heterocycles. The molecule has 3 N–H and O–H groups in total. The lowest BCUT2D eigenvalue weighted by atomic mass is 10.2. The van der Waals surface area contributed by atoms with Gasteiger partial charge in [-0.15, -0.1) is 0 Å². The summed E-state index contributed by atoms with van der Waals surface area (Å²) in [6.07, 6.45) is 1.62. The molecule has 0 spiro atoms. The zero-order chi connectivity index (χ0) is 13.9. The summed E-state index contributed by atoms with van der Waals surface area (Å²) in [6, 6.07) is 8.34. The third-order valence-electron chi connectivity index (χ3n) is 2.85. The number of hydrogen-bond acceptors (Lipinski definition) is 4. The van der Waals surface area contributed by atoms with Gasteiger partial charge in [-0.25, -0.2) is 10.1 Å². The van der Waals surface area contributed by atoms with Crippen molar-refractivity contribution in [1.82, 2.24) is 25.5 Å². The lowest BCUT2D eigenvalue weighted by Gasteiger charge is -2.04. The Morgan fingerprint density at radius 1 is 1.25 bits per heavy atom. The molecule has 1 aromatic carbocycles. The Morgan fingerprint density at radius 2 is 2.15 bits per heavy atom. The monoisotopic (exact) mass is 269 g/mol. The van der Waals surface area contributed by atoms with Crippen molar-refractivity contribution >= 4 is 16.9 Å². The quantitative estimate of drug-likeness (QED) is 0.646. The van der Waals surface area contributed by atoms with E-state index in [-0.39, 0.29) is 17.2 Å². The molecule has 100 valence electrons. The summed E-state index contributed by atoms with van der Waals surface area (Å²) in [6.45, 7) is 0.370.